The monoisotopic (exact) mass is 398 g/mol. The molecular formula is C19H19ClN6O2. The van der Waals surface area contributed by atoms with Crippen molar-refractivity contribution in [1.29, 1.82) is 0 Å². The SMILES string of the molecule is COc1ccccc1C(=O)NNc1ncnc(Nc2ccc(C)c(Cl)c2)c1N. The Hall–Kier alpha value is -3.52. The first-order valence-corrected chi connectivity index (χ1v) is 8.70. The number of carbonyl (C=O) groups excluding carboxylic acids is 1. The Morgan fingerprint density at radius 3 is 2.64 bits per heavy atom. The van der Waals surface area contributed by atoms with Gasteiger partial charge in [-0.1, -0.05) is 29.8 Å². The number of para-hydroxylation sites is 1. The van der Waals surface area contributed by atoms with E-state index in [2.05, 4.69) is 26.1 Å². The number of halogens is 1. The zero-order chi connectivity index (χ0) is 20.1. The van der Waals surface area contributed by atoms with Crippen molar-refractivity contribution in [2.45, 2.75) is 6.92 Å². The number of ether oxygens (including phenoxy) is 1. The molecule has 0 fully saturated rings. The molecule has 1 amide bonds. The van der Waals surface area contributed by atoms with Gasteiger partial charge in [0.1, 0.15) is 17.8 Å². The summed E-state index contributed by atoms with van der Waals surface area (Å²) in [6.07, 6.45) is 1.33. The van der Waals surface area contributed by atoms with Crippen molar-refractivity contribution in [3.05, 3.63) is 64.9 Å². The molecule has 8 nitrogen and oxygen atoms in total. The maximum absolute atomic E-state index is 12.4. The first-order valence-electron chi connectivity index (χ1n) is 8.32. The minimum Gasteiger partial charge on any atom is -0.496 e. The molecule has 0 atom stereocenters. The number of methoxy groups -OCH3 is 1. The maximum Gasteiger partial charge on any atom is 0.273 e. The fraction of sp³-hybridized carbons (Fsp3) is 0.105. The number of nitrogens with two attached hydrogens (primary N) is 1. The van der Waals surface area contributed by atoms with Crippen LogP contribution in [0.2, 0.25) is 5.02 Å². The van der Waals surface area contributed by atoms with E-state index < -0.39 is 5.91 Å². The van der Waals surface area contributed by atoms with E-state index in [1.165, 1.54) is 13.4 Å². The second kappa shape index (κ2) is 8.45. The number of nitrogens with one attached hydrogen (secondary N) is 3. The Morgan fingerprint density at radius 2 is 1.89 bits per heavy atom. The van der Waals surface area contributed by atoms with Gasteiger partial charge in [0.15, 0.2) is 11.6 Å². The lowest BCUT2D eigenvalue weighted by Gasteiger charge is -2.14. The van der Waals surface area contributed by atoms with E-state index in [0.29, 0.717) is 22.2 Å². The summed E-state index contributed by atoms with van der Waals surface area (Å²) in [6, 6.07) is 12.4. The number of nitrogens with zero attached hydrogens (tertiary/aromatic N) is 2. The van der Waals surface area contributed by atoms with E-state index in [4.69, 9.17) is 22.1 Å². The second-order valence-electron chi connectivity index (χ2n) is 5.85. The first kappa shape index (κ1) is 19.2. The summed E-state index contributed by atoms with van der Waals surface area (Å²) >= 11 is 6.14. The van der Waals surface area contributed by atoms with E-state index in [-0.39, 0.29) is 11.5 Å². The summed E-state index contributed by atoms with van der Waals surface area (Å²) < 4.78 is 5.19. The van der Waals surface area contributed by atoms with Gasteiger partial charge in [-0.25, -0.2) is 9.97 Å². The molecule has 0 aliphatic heterocycles. The van der Waals surface area contributed by atoms with Crippen LogP contribution in [0.5, 0.6) is 5.75 Å². The van der Waals surface area contributed by atoms with Crippen LogP contribution in [0, 0.1) is 6.92 Å². The number of nitrogen functional groups attached to an aromatic ring is 1. The highest BCUT2D eigenvalue weighted by atomic mass is 35.5. The van der Waals surface area contributed by atoms with Crippen molar-refractivity contribution in [3.8, 4) is 5.75 Å². The molecule has 28 heavy (non-hydrogen) atoms. The fourth-order valence-corrected chi connectivity index (χ4v) is 2.60. The number of amides is 1. The highest BCUT2D eigenvalue weighted by Gasteiger charge is 2.13. The van der Waals surface area contributed by atoms with Gasteiger partial charge in [-0.3, -0.25) is 15.6 Å². The van der Waals surface area contributed by atoms with Gasteiger partial charge in [-0.15, -0.1) is 0 Å². The lowest BCUT2D eigenvalue weighted by molar-refractivity contribution is 0.0959. The molecule has 0 bridgehead atoms. The summed E-state index contributed by atoms with van der Waals surface area (Å²) in [6.45, 7) is 1.91. The molecule has 0 aliphatic rings. The van der Waals surface area contributed by atoms with Crippen LogP contribution >= 0.6 is 11.6 Å². The lowest BCUT2D eigenvalue weighted by Crippen LogP contribution is -2.30. The zero-order valence-electron chi connectivity index (χ0n) is 15.3. The van der Waals surface area contributed by atoms with Crippen molar-refractivity contribution in [1.82, 2.24) is 15.4 Å². The molecule has 5 N–H and O–H groups in total. The number of hydrazine groups is 1. The average molecular weight is 399 g/mol. The summed E-state index contributed by atoms with van der Waals surface area (Å²) in [4.78, 5) is 20.6. The third-order valence-corrected chi connectivity index (χ3v) is 4.37. The van der Waals surface area contributed by atoms with E-state index >= 15 is 0 Å². The van der Waals surface area contributed by atoms with Crippen molar-refractivity contribution >= 4 is 40.5 Å². The molecule has 1 heterocycles. The number of rotatable bonds is 6. The molecule has 9 heteroatoms. The van der Waals surface area contributed by atoms with Crippen LogP contribution in [0.1, 0.15) is 15.9 Å². The van der Waals surface area contributed by atoms with Crippen molar-refractivity contribution in [2.24, 2.45) is 0 Å². The van der Waals surface area contributed by atoms with Crippen LogP contribution < -0.4 is 26.6 Å². The van der Waals surface area contributed by atoms with Crippen molar-refractivity contribution < 1.29 is 9.53 Å². The Bertz CT molecular complexity index is 1010. The van der Waals surface area contributed by atoms with Crippen molar-refractivity contribution in [3.63, 3.8) is 0 Å². The van der Waals surface area contributed by atoms with Gasteiger partial charge < -0.3 is 15.8 Å². The molecule has 0 radical (unpaired) electrons. The minimum atomic E-state index is -0.393. The van der Waals surface area contributed by atoms with Crippen LogP contribution in [0.3, 0.4) is 0 Å². The van der Waals surface area contributed by atoms with E-state index in [9.17, 15) is 4.79 Å². The topological polar surface area (TPSA) is 114 Å². The first-order chi connectivity index (χ1) is 13.5. The minimum absolute atomic E-state index is 0.236. The van der Waals surface area contributed by atoms with Gasteiger partial charge in [0.25, 0.3) is 5.91 Å². The second-order valence-corrected chi connectivity index (χ2v) is 6.26. The molecule has 144 valence electrons. The van der Waals surface area contributed by atoms with E-state index in [0.717, 1.165) is 11.3 Å². The van der Waals surface area contributed by atoms with E-state index in [1.807, 2.05) is 19.1 Å². The number of carbonyl (C=O) groups is 1. The smallest absolute Gasteiger partial charge is 0.273 e. The van der Waals surface area contributed by atoms with Crippen LogP contribution in [0.4, 0.5) is 23.0 Å². The standard InChI is InChI=1S/C19H19ClN6O2/c1-11-7-8-12(9-14(11)20)24-17-16(21)18(23-10-22-17)25-26-19(27)13-5-3-4-6-15(13)28-2/h3-10H,21H2,1-2H3,(H,26,27)(H2,22,23,24,25). The predicted octanol–water partition coefficient (Wildman–Crippen LogP) is 3.53. The van der Waals surface area contributed by atoms with E-state index in [1.54, 1.807) is 30.3 Å². The molecule has 2 aromatic carbocycles. The zero-order valence-corrected chi connectivity index (χ0v) is 16.0. The number of hydrogen-bond acceptors (Lipinski definition) is 7. The summed E-state index contributed by atoms with van der Waals surface area (Å²) in [5, 5.41) is 3.71. The third-order valence-electron chi connectivity index (χ3n) is 3.96. The molecule has 0 spiro atoms. The van der Waals surface area contributed by atoms with Crippen LogP contribution in [-0.4, -0.2) is 23.0 Å². The van der Waals surface area contributed by atoms with Gasteiger partial charge in [-0.2, -0.15) is 0 Å². The number of hydrogen-bond donors (Lipinski definition) is 4. The molecular weight excluding hydrogens is 380 g/mol. The van der Waals surface area contributed by atoms with Crippen LogP contribution in [-0.2, 0) is 0 Å². The highest BCUT2D eigenvalue weighted by Crippen LogP contribution is 2.27. The van der Waals surface area contributed by atoms with Gasteiger partial charge in [0, 0.05) is 10.7 Å². The predicted molar refractivity (Wildman–Crippen MR) is 110 cm³/mol. The molecule has 3 aromatic rings. The molecule has 1 aromatic heterocycles. The highest BCUT2D eigenvalue weighted by molar-refractivity contribution is 6.31. The molecule has 0 saturated heterocycles. The lowest BCUT2D eigenvalue weighted by atomic mass is 10.2. The number of anilines is 4. The summed E-state index contributed by atoms with van der Waals surface area (Å²) in [5.74, 6) is 0.689. The molecule has 0 unspecified atom stereocenters. The van der Waals surface area contributed by atoms with Gasteiger partial charge in [0.2, 0.25) is 0 Å². The third kappa shape index (κ3) is 4.24. The Balaban J connectivity index is 1.74. The molecule has 0 saturated carbocycles. The largest absolute Gasteiger partial charge is 0.496 e. The Morgan fingerprint density at radius 1 is 1.14 bits per heavy atom. The van der Waals surface area contributed by atoms with Gasteiger partial charge in [0.05, 0.1) is 12.7 Å². The molecule has 3 rings (SSSR count). The maximum atomic E-state index is 12.4. The summed E-state index contributed by atoms with van der Waals surface area (Å²) in [5.41, 5.74) is 13.7. The van der Waals surface area contributed by atoms with Gasteiger partial charge in [-0.05, 0) is 36.8 Å². The quantitative estimate of drug-likeness (QED) is 0.469. The molecule has 0 aliphatic carbocycles. The van der Waals surface area contributed by atoms with Crippen molar-refractivity contribution in [2.75, 3.05) is 23.6 Å². The normalized spacial score (nSPS) is 10.2. The van der Waals surface area contributed by atoms with Gasteiger partial charge >= 0.3 is 0 Å². The van der Waals surface area contributed by atoms with Crippen LogP contribution in [0.15, 0.2) is 48.8 Å². The number of benzene rings is 2. The Kier molecular flexibility index (Phi) is 5.81. The summed E-state index contributed by atoms with van der Waals surface area (Å²) in [7, 11) is 1.50. The Labute approximate surface area is 167 Å². The fourth-order valence-electron chi connectivity index (χ4n) is 2.42. The van der Waals surface area contributed by atoms with Crippen LogP contribution in [0.25, 0.3) is 0 Å². The number of aromatic nitrogens is 2. The number of aryl methyl sites for hydroxylation is 1. The average Bonchev–Trinajstić information content (AvgIpc) is 2.71.